The molecular formula is C25H33BrFN3O4. The van der Waals surface area contributed by atoms with E-state index in [4.69, 9.17) is 4.74 Å². The fourth-order valence-corrected chi connectivity index (χ4v) is 4.88. The van der Waals surface area contributed by atoms with Gasteiger partial charge >= 0.3 is 5.97 Å². The van der Waals surface area contributed by atoms with Crippen LogP contribution in [-0.2, 0) is 20.9 Å². The summed E-state index contributed by atoms with van der Waals surface area (Å²) >= 11 is 3.43. The van der Waals surface area contributed by atoms with E-state index in [2.05, 4.69) is 26.3 Å². The average Bonchev–Trinajstić information content (AvgIpc) is 2.67. The molecule has 1 N–H and O–H groups in total. The van der Waals surface area contributed by atoms with Gasteiger partial charge in [0.2, 0.25) is 5.91 Å². The van der Waals surface area contributed by atoms with Crippen LogP contribution in [0.4, 0.5) is 4.39 Å². The Morgan fingerprint density at radius 1 is 1.29 bits per heavy atom. The van der Waals surface area contributed by atoms with Gasteiger partial charge in [0.25, 0.3) is 5.56 Å². The zero-order valence-electron chi connectivity index (χ0n) is 20.6. The minimum atomic E-state index is -1.62. The van der Waals surface area contributed by atoms with E-state index in [9.17, 15) is 14.4 Å². The number of amides is 1. The minimum Gasteiger partial charge on any atom is -0.460 e. The number of rotatable bonds is 5. The second kappa shape index (κ2) is 9.76. The zero-order valence-corrected chi connectivity index (χ0v) is 22.2. The number of carbonyl (C=O) groups is 2. The SMILES string of the molecule is CC(C)c1nn(CC(=O)N[C@H]2CC(C(=O)OC(C)(C)C)CC(C)(F)C2)c(=O)c2ccc(Br)cc12. The number of nitrogens with zero attached hydrogens (tertiary/aromatic N) is 2. The minimum absolute atomic E-state index is 0.0342. The summed E-state index contributed by atoms with van der Waals surface area (Å²) in [7, 11) is 0. The summed E-state index contributed by atoms with van der Waals surface area (Å²) in [5.74, 6) is -1.53. The van der Waals surface area contributed by atoms with Crippen molar-refractivity contribution in [1.29, 1.82) is 0 Å². The van der Waals surface area contributed by atoms with Gasteiger partial charge in [0.05, 0.1) is 17.0 Å². The van der Waals surface area contributed by atoms with E-state index in [0.29, 0.717) is 11.1 Å². The van der Waals surface area contributed by atoms with Gasteiger partial charge in [0.1, 0.15) is 17.8 Å². The number of aromatic nitrogens is 2. The van der Waals surface area contributed by atoms with Crippen LogP contribution < -0.4 is 10.9 Å². The lowest BCUT2D eigenvalue weighted by Gasteiger charge is -2.37. The summed E-state index contributed by atoms with van der Waals surface area (Å²) in [5, 5.41) is 8.49. The molecule has 1 aliphatic carbocycles. The van der Waals surface area contributed by atoms with Crippen LogP contribution in [0.1, 0.15) is 72.4 Å². The first kappa shape index (κ1) is 26.3. The second-order valence-electron chi connectivity index (χ2n) is 10.7. The summed E-state index contributed by atoms with van der Waals surface area (Å²) in [6, 6.07) is 4.79. The molecule has 0 spiro atoms. The predicted molar refractivity (Wildman–Crippen MR) is 132 cm³/mol. The first-order chi connectivity index (χ1) is 15.6. The van der Waals surface area contributed by atoms with Crippen molar-refractivity contribution in [3.63, 3.8) is 0 Å². The Morgan fingerprint density at radius 3 is 2.59 bits per heavy atom. The van der Waals surface area contributed by atoms with Crippen molar-refractivity contribution in [3.05, 3.63) is 38.7 Å². The highest BCUT2D eigenvalue weighted by Crippen LogP contribution is 2.36. The molecule has 0 radical (unpaired) electrons. The Labute approximate surface area is 207 Å². The van der Waals surface area contributed by atoms with Crippen LogP contribution in [0.3, 0.4) is 0 Å². The number of benzene rings is 1. The molecule has 34 heavy (non-hydrogen) atoms. The van der Waals surface area contributed by atoms with Crippen LogP contribution >= 0.6 is 15.9 Å². The van der Waals surface area contributed by atoms with E-state index in [1.807, 2.05) is 19.9 Å². The number of halogens is 2. The standard InChI is InChI=1S/C25H33BrFN3O4/c1-14(2)21-19-10-16(26)7-8-18(19)22(32)30(29-21)13-20(31)28-17-9-15(11-25(6,27)12-17)23(33)34-24(3,4)5/h7-8,10,14-15,17H,9,11-13H2,1-6H3,(H,28,31)/t15?,17-,25?/m0/s1. The molecule has 0 bridgehead atoms. The summed E-state index contributed by atoms with van der Waals surface area (Å²) in [6.07, 6.45) is 0.419. The number of esters is 1. The molecule has 3 rings (SSSR count). The molecule has 0 saturated heterocycles. The molecule has 2 aromatic rings. The lowest BCUT2D eigenvalue weighted by Crippen LogP contribution is -2.49. The van der Waals surface area contributed by atoms with E-state index < -0.39 is 35.1 Å². The molecular weight excluding hydrogens is 505 g/mol. The Kier molecular flexibility index (Phi) is 7.55. The van der Waals surface area contributed by atoms with Gasteiger partial charge in [-0.25, -0.2) is 9.07 Å². The lowest BCUT2D eigenvalue weighted by atomic mass is 9.77. The molecule has 1 aromatic carbocycles. The van der Waals surface area contributed by atoms with Crippen molar-refractivity contribution in [2.75, 3.05) is 0 Å². The van der Waals surface area contributed by atoms with Crippen molar-refractivity contribution >= 4 is 38.6 Å². The van der Waals surface area contributed by atoms with Crippen LogP contribution in [0.5, 0.6) is 0 Å². The quantitative estimate of drug-likeness (QED) is 0.561. The second-order valence-corrected chi connectivity index (χ2v) is 11.7. The van der Waals surface area contributed by atoms with Gasteiger partial charge < -0.3 is 10.1 Å². The van der Waals surface area contributed by atoms with E-state index in [0.717, 1.165) is 14.5 Å². The highest BCUT2D eigenvalue weighted by molar-refractivity contribution is 9.10. The molecule has 1 aromatic heterocycles. The van der Waals surface area contributed by atoms with Gasteiger partial charge in [-0.1, -0.05) is 29.8 Å². The average molecular weight is 538 g/mol. The Hall–Kier alpha value is -2.29. The fourth-order valence-electron chi connectivity index (χ4n) is 4.52. The highest BCUT2D eigenvalue weighted by atomic mass is 79.9. The van der Waals surface area contributed by atoms with E-state index >= 15 is 4.39 Å². The van der Waals surface area contributed by atoms with Crippen LogP contribution in [0.15, 0.2) is 27.5 Å². The van der Waals surface area contributed by atoms with Crippen molar-refractivity contribution in [2.45, 2.75) is 90.6 Å². The molecule has 3 atom stereocenters. The van der Waals surface area contributed by atoms with Crippen LogP contribution in [0.2, 0.25) is 0 Å². The third kappa shape index (κ3) is 6.43. The third-order valence-electron chi connectivity index (χ3n) is 5.81. The molecule has 186 valence electrons. The molecule has 1 aliphatic rings. The number of fused-ring (bicyclic) bond motifs is 1. The summed E-state index contributed by atoms with van der Waals surface area (Å²) in [6.45, 7) is 10.4. The predicted octanol–water partition coefficient (Wildman–Crippen LogP) is 4.64. The van der Waals surface area contributed by atoms with E-state index in [1.165, 1.54) is 6.92 Å². The monoisotopic (exact) mass is 537 g/mol. The summed E-state index contributed by atoms with van der Waals surface area (Å²) in [5.41, 5.74) is -1.95. The molecule has 2 unspecified atom stereocenters. The Bertz CT molecular complexity index is 1150. The zero-order chi connectivity index (χ0) is 25.4. The first-order valence-corrected chi connectivity index (χ1v) is 12.4. The number of hydrogen-bond acceptors (Lipinski definition) is 5. The van der Waals surface area contributed by atoms with Gasteiger partial charge in [-0.3, -0.25) is 14.4 Å². The van der Waals surface area contributed by atoms with Gasteiger partial charge in [-0.2, -0.15) is 5.10 Å². The van der Waals surface area contributed by atoms with Crippen molar-refractivity contribution < 1.29 is 18.7 Å². The van der Waals surface area contributed by atoms with Crippen molar-refractivity contribution in [2.24, 2.45) is 5.92 Å². The molecule has 1 fully saturated rings. The Morgan fingerprint density at radius 2 is 1.97 bits per heavy atom. The van der Waals surface area contributed by atoms with Gasteiger partial charge in [-0.15, -0.1) is 0 Å². The van der Waals surface area contributed by atoms with Crippen LogP contribution in [0.25, 0.3) is 10.8 Å². The third-order valence-corrected chi connectivity index (χ3v) is 6.30. The maximum atomic E-state index is 15.0. The van der Waals surface area contributed by atoms with Crippen LogP contribution in [0, 0.1) is 5.92 Å². The summed E-state index contributed by atoms with van der Waals surface area (Å²) in [4.78, 5) is 38.4. The van der Waals surface area contributed by atoms with Gasteiger partial charge in [0.15, 0.2) is 0 Å². The van der Waals surface area contributed by atoms with Crippen molar-refractivity contribution in [1.82, 2.24) is 15.1 Å². The fraction of sp³-hybridized carbons (Fsp3) is 0.600. The van der Waals surface area contributed by atoms with Crippen LogP contribution in [-0.4, -0.2) is 39.0 Å². The molecule has 7 nitrogen and oxygen atoms in total. The molecule has 1 heterocycles. The number of carbonyl (C=O) groups excluding carboxylic acids is 2. The topological polar surface area (TPSA) is 90.3 Å². The highest BCUT2D eigenvalue weighted by Gasteiger charge is 2.42. The van der Waals surface area contributed by atoms with E-state index in [1.54, 1.807) is 32.9 Å². The Balaban J connectivity index is 1.79. The molecule has 9 heteroatoms. The largest absolute Gasteiger partial charge is 0.460 e. The van der Waals surface area contributed by atoms with E-state index in [-0.39, 0.29) is 37.3 Å². The van der Waals surface area contributed by atoms with Crippen molar-refractivity contribution in [3.8, 4) is 0 Å². The smallest absolute Gasteiger partial charge is 0.309 e. The molecule has 0 aliphatic heterocycles. The number of alkyl halides is 1. The normalized spacial score (nSPS) is 23.2. The molecule has 1 saturated carbocycles. The van der Waals surface area contributed by atoms with Gasteiger partial charge in [-0.05, 0) is 64.7 Å². The number of ether oxygens (including phenoxy) is 1. The van der Waals surface area contributed by atoms with Gasteiger partial charge in [0, 0.05) is 22.3 Å². The maximum absolute atomic E-state index is 15.0. The first-order valence-electron chi connectivity index (χ1n) is 11.6. The summed E-state index contributed by atoms with van der Waals surface area (Å²) < 4.78 is 22.5. The maximum Gasteiger partial charge on any atom is 0.309 e. The molecule has 1 amide bonds. The lowest BCUT2D eigenvalue weighted by molar-refractivity contribution is -0.163. The number of hydrogen-bond donors (Lipinski definition) is 1. The number of nitrogens with one attached hydrogen (secondary N) is 1.